The SMILES string of the molecule is O=C1C[C@H]2SCC(C=CCCl)=CN12. The number of carbonyl (C=O) groups excluding carboxylic acids is 1. The lowest BCUT2D eigenvalue weighted by molar-refractivity contribution is -0.137. The standard InChI is InChI=1S/C9H10ClNOS/c10-3-1-2-7-5-11-8(12)4-9(11)13-6-7/h1-2,5,9H,3-4,6H2/t9-/m1/s1. The van der Waals surface area contributed by atoms with E-state index in [1.165, 1.54) is 5.57 Å². The molecule has 1 amide bonds. The van der Waals surface area contributed by atoms with Crippen molar-refractivity contribution in [3.63, 3.8) is 0 Å². The molecule has 0 unspecified atom stereocenters. The van der Waals surface area contributed by atoms with Crippen LogP contribution in [0.2, 0.25) is 0 Å². The van der Waals surface area contributed by atoms with E-state index in [-0.39, 0.29) is 5.91 Å². The third kappa shape index (κ3) is 1.76. The van der Waals surface area contributed by atoms with Crippen molar-refractivity contribution in [3.8, 4) is 0 Å². The van der Waals surface area contributed by atoms with Crippen LogP contribution >= 0.6 is 23.4 Å². The molecule has 2 aliphatic rings. The van der Waals surface area contributed by atoms with Crippen LogP contribution in [-0.2, 0) is 4.79 Å². The Balaban J connectivity index is 2.05. The molecule has 4 heteroatoms. The van der Waals surface area contributed by atoms with E-state index in [2.05, 4.69) is 0 Å². The normalized spacial score (nSPS) is 27.2. The molecule has 2 nitrogen and oxygen atoms in total. The molecule has 0 bridgehead atoms. The van der Waals surface area contributed by atoms with Gasteiger partial charge >= 0.3 is 0 Å². The predicted molar refractivity (Wildman–Crippen MR) is 55.7 cm³/mol. The second kappa shape index (κ2) is 3.76. The molecule has 13 heavy (non-hydrogen) atoms. The van der Waals surface area contributed by atoms with Crippen LogP contribution < -0.4 is 0 Å². The summed E-state index contributed by atoms with van der Waals surface area (Å²) in [5.41, 5.74) is 1.18. The Hall–Kier alpha value is -0.410. The summed E-state index contributed by atoms with van der Waals surface area (Å²) in [5.74, 6) is 1.75. The van der Waals surface area contributed by atoms with E-state index in [9.17, 15) is 4.79 Å². The van der Waals surface area contributed by atoms with Gasteiger partial charge in [-0.2, -0.15) is 0 Å². The number of thioether (sulfide) groups is 1. The summed E-state index contributed by atoms with van der Waals surface area (Å²) in [6.07, 6.45) is 6.53. The summed E-state index contributed by atoms with van der Waals surface area (Å²) < 4.78 is 0. The second-order valence-corrected chi connectivity index (χ2v) is 4.51. The smallest absolute Gasteiger partial charge is 0.230 e. The lowest BCUT2D eigenvalue weighted by atomic mass is 10.2. The van der Waals surface area contributed by atoms with E-state index in [1.54, 1.807) is 0 Å². The fourth-order valence-corrected chi connectivity index (χ4v) is 2.64. The van der Waals surface area contributed by atoms with Crippen molar-refractivity contribution in [2.24, 2.45) is 0 Å². The van der Waals surface area contributed by atoms with Crippen LogP contribution in [0.1, 0.15) is 6.42 Å². The van der Waals surface area contributed by atoms with Gasteiger partial charge in [0.25, 0.3) is 0 Å². The molecule has 0 saturated carbocycles. The van der Waals surface area contributed by atoms with Crippen molar-refractivity contribution in [1.82, 2.24) is 4.90 Å². The first-order valence-corrected chi connectivity index (χ1v) is 5.75. The zero-order valence-corrected chi connectivity index (χ0v) is 8.64. The minimum Gasteiger partial charge on any atom is -0.306 e. The van der Waals surface area contributed by atoms with Gasteiger partial charge in [-0.25, -0.2) is 0 Å². The van der Waals surface area contributed by atoms with E-state index >= 15 is 0 Å². The molecule has 0 aromatic carbocycles. The van der Waals surface area contributed by atoms with Crippen molar-refractivity contribution >= 4 is 29.3 Å². The number of amides is 1. The minimum atomic E-state index is 0.231. The molecule has 0 aliphatic carbocycles. The van der Waals surface area contributed by atoms with Gasteiger partial charge in [-0.1, -0.05) is 12.2 Å². The van der Waals surface area contributed by atoms with Gasteiger partial charge < -0.3 is 4.90 Å². The van der Waals surface area contributed by atoms with E-state index in [1.807, 2.05) is 35.0 Å². The van der Waals surface area contributed by atoms with Gasteiger partial charge in [0.2, 0.25) is 5.91 Å². The highest BCUT2D eigenvalue weighted by Gasteiger charge is 2.37. The number of allylic oxidation sites excluding steroid dienone is 2. The molecule has 1 fully saturated rings. The zero-order chi connectivity index (χ0) is 9.26. The van der Waals surface area contributed by atoms with E-state index in [0.29, 0.717) is 17.7 Å². The first kappa shape index (κ1) is 9.16. The van der Waals surface area contributed by atoms with E-state index in [0.717, 1.165) is 5.75 Å². The molecule has 70 valence electrons. The molecule has 0 aromatic rings. The number of rotatable bonds is 2. The molecule has 1 atom stereocenters. The molecule has 2 rings (SSSR count). The summed E-state index contributed by atoms with van der Waals surface area (Å²) in [6.45, 7) is 0. The van der Waals surface area contributed by atoms with Crippen LogP contribution in [0.25, 0.3) is 0 Å². The number of hydrogen-bond acceptors (Lipinski definition) is 2. The molecule has 0 N–H and O–H groups in total. The number of carbonyl (C=O) groups is 1. The second-order valence-electron chi connectivity index (χ2n) is 3.03. The Morgan fingerprint density at radius 2 is 2.62 bits per heavy atom. The Labute approximate surface area is 86.6 Å². The highest BCUT2D eigenvalue weighted by atomic mass is 35.5. The monoisotopic (exact) mass is 215 g/mol. The maximum absolute atomic E-state index is 11.1. The summed E-state index contributed by atoms with van der Waals surface area (Å²) in [4.78, 5) is 12.9. The van der Waals surface area contributed by atoms with Gasteiger partial charge in [0.1, 0.15) is 0 Å². The maximum Gasteiger partial charge on any atom is 0.230 e. The molecule has 2 heterocycles. The van der Waals surface area contributed by atoms with Crippen LogP contribution in [0.3, 0.4) is 0 Å². The van der Waals surface area contributed by atoms with Gasteiger partial charge in [0.15, 0.2) is 0 Å². The Bertz CT molecular complexity index is 287. The summed E-state index contributed by atoms with van der Waals surface area (Å²) in [5, 5.41) is 0.403. The van der Waals surface area contributed by atoms with Gasteiger partial charge in [-0.05, 0) is 5.57 Å². The Kier molecular flexibility index (Phi) is 2.65. The lowest BCUT2D eigenvalue weighted by Gasteiger charge is -2.40. The van der Waals surface area contributed by atoms with Crippen molar-refractivity contribution in [2.75, 3.05) is 11.6 Å². The van der Waals surface area contributed by atoms with Crippen molar-refractivity contribution in [3.05, 3.63) is 23.9 Å². The van der Waals surface area contributed by atoms with Gasteiger partial charge in [-0.3, -0.25) is 4.79 Å². The summed E-state index contributed by atoms with van der Waals surface area (Å²) in [6, 6.07) is 0. The fraction of sp³-hybridized carbons (Fsp3) is 0.444. The zero-order valence-electron chi connectivity index (χ0n) is 7.07. The number of alkyl halides is 1. The highest BCUT2D eigenvalue weighted by molar-refractivity contribution is 8.00. The summed E-state index contributed by atoms with van der Waals surface area (Å²) >= 11 is 7.34. The quantitative estimate of drug-likeness (QED) is 0.519. The van der Waals surface area contributed by atoms with Crippen molar-refractivity contribution in [1.29, 1.82) is 0 Å². The molecule has 0 aromatic heterocycles. The van der Waals surface area contributed by atoms with Crippen molar-refractivity contribution in [2.45, 2.75) is 11.8 Å². The molecular formula is C9H10ClNOS. The molecule has 1 saturated heterocycles. The van der Waals surface area contributed by atoms with E-state index in [4.69, 9.17) is 11.6 Å². The summed E-state index contributed by atoms with van der Waals surface area (Å²) in [7, 11) is 0. The maximum atomic E-state index is 11.1. The molecule has 0 radical (unpaired) electrons. The number of halogens is 1. The third-order valence-corrected chi connectivity index (χ3v) is 3.57. The fourth-order valence-electron chi connectivity index (χ4n) is 1.39. The largest absolute Gasteiger partial charge is 0.306 e. The van der Waals surface area contributed by atoms with Crippen LogP contribution in [0.15, 0.2) is 23.9 Å². The Morgan fingerprint density at radius 3 is 3.31 bits per heavy atom. The highest BCUT2D eigenvalue weighted by Crippen LogP contribution is 2.35. The predicted octanol–water partition coefficient (Wildman–Crippen LogP) is 1.97. The van der Waals surface area contributed by atoms with Crippen LogP contribution in [0, 0.1) is 0 Å². The Morgan fingerprint density at radius 1 is 1.77 bits per heavy atom. The van der Waals surface area contributed by atoms with E-state index < -0.39 is 0 Å². The average molecular weight is 216 g/mol. The first-order valence-electron chi connectivity index (χ1n) is 4.17. The molecule has 0 spiro atoms. The lowest BCUT2D eigenvalue weighted by Crippen LogP contribution is -2.48. The van der Waals surface area contributed by atoms with Crippen LogP contribution in [0.4, 0.5) is 0 Å². The average Bonchev–Trinajstić information content (AvgIpc) is 2.14. The first-order chi connectivity index (χ1) is 6.31. The van der Waals surface area contributed by atoms with Gasteiger partial charge in [-0.15, -0.1) is 23.4 Å². The van der Waals surface area contributed by atoms with Crippen LogP contribution in [-0.4, -0.2) is 27.8 Å². The topological polar surface area (TPSA) is 20.3 Å². The van der Waals surface area contributed by atoms with Gasteiger partial charge in [0.05, 0.1) is 11.8 Å². The van der Waals surface area contributed by atoms with Crippen LogP contribution in [0.5, 0.6) is 0 Å². The minimum absolute atomic E-state index is 0.231. The van der Waals surface area contributed by atoms with Gasteiger partial charge in [0, 0.05) is 17.8 Å². The number of fused-ring (bicyclic) bond motifs is 1. The number of β-lactam (4-membered cyclic amide) rings is 1. The number of hydrogen-bond donors (Lipinski definition) is 0. The van der Waals surface area contributed by atoms with Crippen molar-refractivity contribution < 1.29 is 4.79 Å². The third-order valence-electron chi connectivity index (χ3n) is 2.12. The molecule has 2 aliphatic heterocycles. The molecular weight excluding hydrogens is 206 g/mol. The number of nitrogens with zero attached hydrogens (tertiary/aromatic N) is 1.